The molecule has 3 amide bonds. The summed E-state index contributed by atoms with van der Waals surface area (Å²) in [6.07, 6.45) is 0. The molecule has 0 radical (unpaired) electrons. The van der Waals surface area contributed by atoms with E-state index in [1.165, 1.54) is 18.2 Å². The van der Waals surface area contributed by atoms with Gasteiger partial charge in [0.15, 0.2) is 18.1 Å². The molecule has 0 bridgehead atoms. The Morgan fingerprint density at radius 2 is 1.50 bits per heavy atom. The number of carbonyl (C=O) groups excluding carboxylic acids is 3. The third kappa shape index (κ3) is 6.27. The summed E-state index contributed by atoms with van der Waals surface area (Å²) in [6, 6.07) is 12.2. The van der Waals surface area contributed by atoms with Crippen molar-refractivity contribution in [2.24, 2.45) is 0 Å². The molecular formula is C19H20FN3O5. The second-order valence-electron chi connectivity index (χ2n) is 5.43. The maximum absolute atomic E-state index is 13.5. The first-order chi connectivity index (χ1) is 13.5. The minimum Gasteiger partial charge on any atom is -0.490 e. The largest absolute Gasteiger partial charge is 0.490 e. The maximum atomic E-state index is 13.5. The van der Waals surface area contributed by atoms with Crippen molar-refractivity contribution in [3.05, 3.63) is 59.9 Å². The van der Waals surface area contributed by atoms with E-state index in [-0.39, 0.29) is 12.2 Å². The molecule has 0 fully saturated rings. The first-order valence-corrected chi connectivity index (χ1v) is 8.46. The normalized spacial score (nSPS) is 9.93. The predicted octanol–water partition coefficient (Wildman–Crippen LogP) is 1.18. The summed E-state index contributed by atoms with van der Waals surface area (Å²) in [7, 11) is 0. The molecule has 2 rings (SSSR count). The lowest BCUT2D eigenvalue weighted by molar-refractivity contribution is -0.129. The Bertz CT molecular complexity index is 844. The lowest BCUT2D eigenvalue weighted by Gasteiger charge is -2.12. The highest BCUT2D eigenvalue weighted by molar-refractivity contribution is 5.96. The number of rotatable bonds is 8. The second-order valence-corrected chi connectivity index (χ2v) is 5.43. The van der Waals surface area contributed by atoms with Crippen LogP contribution in [0.5, 0.6) is 11.5 Å². The molecule has 0 saturated heterocycles. The molecule has 0 aliphatic heterocycles. The van der Waals surface area contributed by atoms with Crippen LogP contribution in [0.4, 0.5) is 4.39 Å². The summed E-state index contributed by atoms with van der Waals surface area (Å²) in [5.74, 6) is -1.85. The monoisotopic (exact) mass is 389 g/mol. The van der Waals surface area contributed by atoms with Gasteiger partial charge in [-0.3, -0.25) is 25.2 Å². The molecule has 0 atom stereocenters. The molecule has 148 valence electrons. The standard InChI is InChI=1S/C19H20FN3O5/c1-2-27-15-9-5-6-10-16(15)28-12-18(25)23-22-17(24)11-21-19(26)13-7-3-4-8-14(13)20/h3-10H,2,11-12H2,1H3,(H,21,26)(H,22,24)(H,23,25). The quantitative estimate of drug-likeness (QED) is 0.588. The van der Waals surface area contributed by atoms with Crippen LogP contribution >= 0.6 is 0 Å². The van der Waals surface area contributed by atoms with Gasteiger partial charge in [0.1, 0.15) is 5.82 Å². The molecule has 2 aromatic rings. The van der Waals surface area contributed by atoms with Crippen molar-refractivity contribution in [1.82, 2.24) is 16.2 Å². The van der Waals surface area contributed by atoms with Gasteiger partial charge in [-0.1, -0.05) is 24.3 Å². The number of nitrogens with one attached hydrogen (secondary N) is 3. The molecule has 0 aliphatic carbocycles. The van der Waals surface area contributed by atoms with E-state index in [9.17, 15) is 18.8 Å². The Balaban J connectivity index is 1.72. The minimum absolute atomic E-state index is 0.180. The molecule has 0 aromatic heterocycles. The molecule has 2 aromatic carbocycles. The lowest BCUT2D eigenvalue weighted by Crippen LogP contribution is -2.47. The van der Waals surface area contributed by atoms with E-state index < -0.39 is 30.1 Å². The van der Waals surface area contributed by atoms with Gasteiger partial charge in [0, 0.05) is 0 Å². The van der Waals surface area contributed by atoms with Gasteiger partial charge in [-0.2, -0.15) is 0 Å². The Kier molecular flexibility index (Phi) is 7.77. The van der Waals surface area contributed by atoms with E-state index in [1.807, 2.05) is 6.92 Å². The summed E-state index contributed by atoms with van der Waals surface area (Å²) in [5, 5.41) is 2.25. The zero-order valence-corrected chi connectivity index (χ0v) is 15.2. The van der Waals surface area contributed by atoms with Crippen molar-refractivity contribution in [3.63, 3.8) is 0 Å². The summed E-state index contributed by atoms with van der Waals surface area (Å²) < 4.78 is 24.2. The van der Waals surface area contributed by atoms with Crippen LogP contribution in [0.15, 0.2) is 48.5 Å². The number of amides is 3. The van der Waals surface area contributed by atoms with Gasteiger partial charge >= 0.3 is 0 Å². The summed E-state index contributed by atoms with van der Waals surface area (Å²) in [5.41, 5.74) is 4.09. The summed E-state index contributed by atoms with van der Waals surface area (Å²) in [6.45, 7) is 1.47. The van der Waals surface area contributed by atoms with Crippen LogP contribution < -0.4 is 25.6 Å². The Hall–Kier alpha value is -3.62. The summed E-state index contributed by atoms with van der Waals surface area (Å²) in [4.78, 5) is 35.3. The Labute approximate surface area is 161 Å². The number of ether oxygens (including phenoxy) is 2. The van der Waals surface area contributed by atoms with Gasteiger partial charge in [0.25, 0.3) is 17.7 Å². The molecule has 28 heavy (non-hydrogen) atoms. The molecule has 9 heteroatoms. The van der Waals surface area contributed by atoms with Gasteiger partial charge in [0.2, 0.25) is 0 Å². The smallest absolute Gasteiger partial charge is 0.276 e. The fraction of sp³-hybridized carbons (Fsp3) is 0.211. The van der Waals surface area contributed by atoms with Crippen molar-refractivity contribution in [2.75, 3.05) is 19.8 Å². The molecule has 0 heterocycles. The average Bonchev–Trinajstić information content (AvgIpc) is 2.70. The number of hydrogen-bond acceptors (Lipinski definition) is 5. The highest BCUT2D eigenvalue weighted by atomic mass is 19.1. The van der Waals surface area contributed by atoms with Crippen LogP contribution in [-0.2, 0) is 9.59 Å². The first-order valence-electron chi connectivity index (χ1n) is 8.46. The van der Waals surface area contributed by atoms with Crippen LogP contribution in [-0.4, -0.2) is 37.5 Å². The minimum atomic E-state index is -0.740. The molecule has 8 nitrogen and oxygen atoms in total. The van der Waals surface area contributed by atoms with Crippen molar-refractivity contribution in [2.45, 2.75) is 6.92 Å². The predicted molar refractivity (Wildman–Crippen MR) is 98.1 cm³/mol. The Morgan fingerprint density at radius 1 is 0.893 bits per heavy atom. The number of halogens is 1. The van der Waals surface area contributed by atoms with Crippen LogP contribution in [0, 0.1) is 5.82 Å². The molecule has 0 unspecified atom stereocenters. The van der Waals surface area contributed by atoms with E-state index in [0.29, 0.717) is 18.1 Å². The maximum Gasteiger partial charge on any atom is 0.276 e. The SMILES string of the molecule is CCOc1ccccc1OCC(=O)NNC(=O)CNC(=O)c1ccccc1F. The number of benzene rings is 2. The van der Waals surface area contributed by atoms with Crippen LogP contribution in [0.3, 0.4) is 0 Å². The number of carbonyl (C=O) groups is 3. The van der Waals surface area contributed by atoms with Gasteiger partial charge in [-0.05, 0) is 31.2 Å². The lowest BCUT2D eigenvalue weighted by atomic mass is 10.2. The second kappa shape index (κ2) is 10.5. The van der Waals surface area contributed by atoms with Gasteiger partial charge in [-0.15, -0.1) is 0 Å². The molecule has 3 N–H and O–H groups in total. The van der Waals surface area contributed by atoms with Crippen LogP contribution in [0.1, 0.15) is 17.3 Å². The van der Waals surface area contributed by atoms with Crippen LogP contribution in [0.25, 0.3) is 0 Å². The fourth-order valence-electron chi connectivity index (χ4n) is 2.11. The number of para-hydroxylation sites is 2. The number of hydrazine groups is 1. The van der Waals surface area contributed by atoms with E-state index in [0.717, 1.165) is 6.07 Å². The molecular weight excluding hydrogens is 369 g/mol. The topological polar surface area (TPSA) is 106 Å². The third-order valence-electron chi connectivity index (χ3n) is 3.38. The van der Waals surface area contributed by atoms with E-state index in [4.69, 9.17) is 9.47 Å². The highest BCUT2D eigenvalue weighted by Gasteiger charge is 2.13. The zero-order chi connectivity index (χ0) is 20.4. The van der Waals surface area contributed by atoms with Crippen molar-refractivity contribution in [1.29, 1.82) is 0 Å². The van der Waals surface area contributed by atoms with Gasteiger partial charge in [0.05, 0.1) is 18.7 Å². The zero-order valence-electron chi connectivity index (χ0n) is 15.2. The third-order valence-corrected chi connectivity index (χ3v) is 3.38. The molecule has 0 saturated carbocycles. The van der Waals surface area contributed by atoms with Crippen molar-refractivity contribution < 1.29 is 28.2 Å². The van der Waals surface area contributed by atoms with E-state index in [2.05, 4.69) is 16.2 Å². The highest BCUT2D eigenvalue weighted by Crippen LogP contribution is 2.26. The molecule has 0 aliphatic rings. The average molecular weight is 389 g/mol. The van der Waals surface area contributed by atoms with Gasteiger partial charge < -0.3 is 14.8 Å². The Morgan fingerprint density at radius 3 is 2.18 bits per heavy atom. The van der Waals surface area contributed by atoms with Crippen molar-refractivity contribution in [3.8, 4) is 11.5 Å². The van der Waals surface area contributed by atoms with E-state index >= 15 is 0 Å². The first kappa shape index (κ1) is 20.7. The number of hydrogen-bond donors (Lipinski definition) is 3. The summed E-state index contributed by atoms with van der Waals surface area (Å²) >= 11 is 0. The molecule has 0 spiro atoms. The fourth-order valence-corrected chi connectivity index (χ4v) is 2.11. The van der Waals surface area contributed by atoms with Crippen LogP contribution in [0.2, 0.25) is 0 Å². The van der Waals surface area contributed by atoms with Gasteiger partial charge in [-0.25, -0.2) is 4.39 Å². The van der Waals surface area contributed by atoms with Crippen molar-refractivity contribution >= 4 is 17.7 Å². The van der Waals surface area contributed by atoms with E-state index in [1.54, 1.807) is 24.3 Å².